The van der Waals surface area contributed by atoms with Crippen LogP contribution in [0, 0.1) is 0 Å². The van der Waals surface area contributed by atoms with Gasteiger partial charge in [0.1, 0.15) is 11.8 Å². The van der Waals surface area contributed by atoms with E-state index in [0.717, 1.165) is 42.6 Å². The molecule has 5 nitrogen and oxygen atoms in total. The third kappa shape index (κ3) is 7.12. The van der Waals surface area contributed by atoms with Gasteiger partial charge in [0.25, 0.3) is 0 Å². The summed E-state index contributed by atoms with van der Waals surface area (Å²) in [6.07, 6.45) is 6.18. The van der Waals surface area contributed by atoms with Gasteiger partial charge >= 0.3 is 0 Å². The Morgan fingerprint density at radius 2 is 1.70 bits per heavy atom. The summed E-state index contributed by atoms with van der Waals surface area (Å²) in [5, 5.41) is 4.08. The molecule has 1 N–H and O–H groups in total. The lowest BCUT2D eigenvalue weighted by Gasteiger charge is -2.33. The van der Waals surface area contributed by atoms with E-state index in [2.05, 4.69) is 5.32 Å². The van der Waals surface area contributed by atoms with Crippen LogP contribution in [0.5, 0.6) is 5.75 Å². The first-order chi connectivity index (χ1) is 15.9. The SMILES string of the molecule is CC[C@H](C(=O)NC1CCCCC1)N(Cc1ccc(Cl)c(Cl)c1)C(=O)Cc1ccc(OC)cc1. The van der Waals surface area contributed by atoms with Crippen LogP contribution >= 0.6 is 23.2 Å². The average Bonchev–Trinajstić information content (AvgIpc) is 2.82. The van der Waals surface area contributed by atoms with Crippen molar-refractivity contribution in [2.45, 2.75) is 70.5 Å². The molecule has 0 aliphatic heterocycles. The molecule has 1 saturated carbocycles. The van der Waals surface area contributed by atoms with Crippen molar-refractivity contribution in [3.63, 3.8) is 0 Å². The Balaban J connectivity index is 1.81. The molecule has 0 unspecified atom stereocenters. The van der Waals surface area contributed by atoms with Crippen LogP contribution in [0.2, 0.25) is 10.0 Å². The highest BCUT2D eigenvalue weighted by Gasteiger charge is 2.30. The highest BCUT2D eigenvalue weighted by Crippen LogP contribution is 2.25. The summed E-state index contributed by atoms with van der Waals surface area (Å²) in [6.45, 7) is 2.22. The number of rotatable bonds is 9. The molecule has 7 heteroatoms. The molecule has 2 amide bonds. The Kier molecular flexibility index (Phi) is 9.45. The maximum Gasteiger partial charge on any atom is 0.243 e. The second kappa shape index (κ2) is 12.3. The molecule has 0 bridgehead atoms. The smallest absolute Gasteiger partial charge is 0.243 e. The lowest BCUT2D eigenvalue weighted by molar-refractivity contribution is -0.141. The van der Waals surface area contributed by atoms with Crippen molar-refractivity contribution >= 4 is 35.0 Å². The standard InChI is InChI=1S/C26H32Cl2N2O3/c1-3-24(26(32)29-20-7-5-4-6-8-20)30(17-19-11-14-22(27)23(28)15-19)25(31)16-18-9-12-21(33-2)13-10-18/h9-15,20,24H,3-8,16-17H2,1-2H3,(H,29,32)/t24-/m1/s1. The maximum atomic E-state index is 13.5. The van der Waals surface area contributed by atoms with Crippen LogP contribution in [0.4, 0.5) is 0 Å². The Morgan fingerprint density at radius 1 is 1.03 bits per heavy atom. The fraction of sp³-hybridized carbons (Fsp3) is 0.462. The van der Waals surface area contributed by atoms with Crippen molar-refractivity contribution < 1.29 is 14.3 Å². The average molecular weight is 491 g/mol. The number of benzene rings is 2. The largest absolute Gasteiger partial charge is 0.497 e. The van der Waals surface area contributed by atoms with E-state index in [1.165, 1.54) is 6.42 Å². The quantitative estimate of drug-likeness (QED) is 0.482. The predicted octanol–water partition coefficient (Wildman–Crippen LogP) is 5.80. The molecule has 1 fully saturated rings. The Bertz CT molecular complexity index is 943. The third-order valence-corrected chi connectivity index (χ3v) is 6.93. The van der Waals surface area contributed by atoms with Gasteiger partial charge in [-0.1, -0.05) is 67.6 Å². The fourth-order valence-corrected chi connectivity index (χ4v) is 4.64. The second-order valence-electron chi connectivity index (χ2n) is 8.56. The van der Waals surface area contributed by atoms with Crippen LogP contribution < -0.4 is 10.1 Å². The first-order valence-electron chi connectivity index (χ1n) is 11.6. The Morgan fingerprint density at radius 3 is 2.30 bits per heavy atom. The number of halogens is 2. The van der Waals surface area contributed by atoms with Gasteiger partial charge in [-0.15, -0.1) is 0 Å². The summed E-state index contributed by atoms with van der Waals surface area (Å²) < 4.78 is 5.21. The molecule has 1 atom stereocenters. The van der Waals surface area contributed by atoms with Crippen LogP contribution in [0.3, 0.4) is 0 Å². The molecule has 1 aliphatic carbocycles. The van der Waals surface area contributed by atoms with E-state index < -0.39 is 6.04 Å². The summed E-state index contributed by atoms with van der Waals surface area (Å²) in [7, 11) is 1.61. The molecule has 2 aromatic rings. The Hall–Kier alpha value is -2.24. The number of hydrogen-bond acceptors (Lipinski definition) is 3. The zero-order valence-electron chi connectivity index (χ0n) is 19.3. The number of methoxy groups -OCH3 is 1. The van der Waals surface area contributed by atoms with Gasteiger partial charge < -0.3 is 15.0 Å². The minimum atomic E-state index is -0.563. The molecule has 3 rings (SSSR count). The van der Waals surface area contributed by atoms with E-state index in [9.17, 15) is 9.59 Å². The molecule has 33 heavy (non-hydrogen) atoms. The normalized spacial score (nSPS) is 15.0. The molecular weight excluding hydrogens is 459 g/mol. The highest BCUT2D eigenvalue weighted by molar-refractivity contribution is 6.42. The number of ether oxygens (including phenoxy) is 1. The van der Waals surface area contributed by atoms with Crippen LogP contribution in [0.15, 0.2) is 42.5 Å². The third-order valence-electron chi connectivity index (χ3n) is 6.19. The molecule has 0 heterocycles. The van der Waals surface area contributed by atoms with Gasteiger partial charge in [0.2, 0.25) is 11.8 Å². The molecule has 0 saturated heterocycles. The molecule has 1 aliphatic rings. The van der Waals surface area contributed by atoms with Crippen LogP contribution in [0.25, 0.3) is 0 Å². The first kappa shape index (κ1) is 25.4. The number of amides is 2. The number of hydrogen-bond donors (Lipinski definition) is 1. The van der Waals surface area contributed by atoms with Gasteiger partial charge in [0.15, 0.2) is 0 Å². The monoisotopic (exact) mass is 490 g/mol. The summed E-state index contributed by atoms with van der Waals surface area (Å²) in [5.74, 6) is 0.529. The van der Waals surface area contributed by atoms with E-state index in [-0.39, 0.29) is 30.8 Å². The van der Waals surface area contributed by atoms with Crippen molar-refractivity contribution in [1.82, 2.24) is 10.2 Å². The summed E-state index contributed by atoms with van der Waals surface area (Å²) in [6, 6.07) is 12.3. The van der Waals surface area contributed by atoms with Crippen LogP contribution in [0.1, 0.15) is 56.6 Å². The minimum Gasteiger partial charge on any atom is -0.497 e. The van der Waals surface area contributed by atoms with Gasteiger partial charge in [-0.25, -0.2) is 0 Å². The zero-order chi connectivity index (χ0) is 23.8. The molecular formula is C26H32Cl2N2O3. The highest BCUT2D eigenvalue weighted by atomic mass is 35.5. The van der Waals surface area contributed by atoms with E-state index in [1.54, 1.807) is 24.1 Å². The maximum absolute atomic E-state index is 13.5. The lowest BCUT2D eigenvalue weighted by Crippen LogP contribution is -2.51. The summed E-state index contributed by atoms with van der Waals surface area (Å²) in [4.78, 5) is 28.4. The minimum absolute atomic E-state index is 0.0902. The van der Waals surface area contributed by atoms with Crippen molar-refractivity contribution in [3.8, 4) is 5.75 Å². The van der Waals surface area contributed by atoms with Gasteiger partial charge in [-0.3, -0.25) is 9.59 Å². The fourth-order valence-electron chi connectivity index (χ4n) is 4.32. The van der Waals surface area contributed by atoms with Crippen LogP contribution in [-0.4, -0.2) is 35.9 Å². The van der Waals surface area contributed by atoms with Crippen molar-refractivity contribution in [2.24, 2.45) is 0 Å². The molecule has 0 radical (unpaired) electrons. The lowest BCUT2D eigenvalue weighted by atomic mass is 9.95. The number of nitrogens with zero attached hydrogens (tertiary/aromatic N) is 1. The van der Waals surface area contributed by atoms with Crippen molar-refractivity contribution in [3.05, 3.63) is 63.6 Å². The van der Waals surface area contributed by atoms with Crippen molar-refractivity contribution in [1.29, 1.82) is 0 Å². The molecule has 178 valence electrons. The van der Waals surface area contributed by atoms with Gasteiger partial charge in [0.05, 0.1) is 23.6 Å². The first-order valence-corrected chi connectivity index (χ1v) is 12.3. The number of carbonyl (C=O) groups is 2. The van der Waals surface area contributed by atoms with E-state index >= 15 is 0 Å². The second-order valence-corrected chi connectivity index (χ2v) is 9.38. The summed E-state index contributed by atoms with van der Waals surface area (Å²) >= 11 is 12.3. The number of carbonyl (C=O) groups excluding carboxylic acids is 2. The van der Waals surface area contributed by atoms with Gasteiger partial charge in [0, 0.05) is 12.6 Å². The molecule has 0 aromatic heterocycles. The molecule has 0 spiro atoms. The van der Waals surface area contributed by atoms with E-state index in [0.29, 0.717) is 16.5 Å². The van der Waals surface area contributed by atoms with Crippen molar-refractivity contribution in [2.75, 3.05) is 7.11 Å². The predicted molar refractivity (Wildman–Crippen MR) is 133 cm³/mol. The summed E-state index contributed by atoms with van der Waals surface area (Å²) in [5.41, 5.74) is 1.69. The van der Waals surface area contributed by atoms with Crippen LogP contribution in [-0.2, 0) is 22.6 Å². The zero-order valence-corrected chi connectivity index (χ0v) is 20.8. The number of nitrogens with one attached hydrogen (secondary N) is 1. The Labute approximate surface area is 206 Å². The van der Waals surface area contributed by atoms with E-state index in [1.807, 2.05) is 37.3 Å². The van der Waals surface area contributed by atoms with E-state index in [4.69, 9.17) is 27.9 Å². The van der Waals surface area contributed by atoms with Gasteiger partial charge in [-0.05, 0) is 54.7 Å². The van der Waals surface area contributed by atoms with Gasteiger partial charge in [-0.2, -0.15) is 0 Å². The topological polar surface area (TPSA) is 58.6 Å². The molecule has 2 aromatic carbocycles.